The molecule has 0 fully saturated rings. The van der Waals surface area contributed by atoms with Gasteiger partial charge in [0.05, 0.1) is 12.3 Å². The van der Waals surface area contributed by atoms with Crippen LogP contribution in [0.1, 0.15) is 17.0 Å². The fraction of sp³-hybridized carbons (Fsp3) is 0.231. The quantitative estimate of drug-likeness (QED) is 0.581. The van der Waals surface area contributed by atoms with E-state index in [0.717, 1.165) is 5.56 Å². The number of carbonyl (C=O) groups is 1. The van der Waals surface area contributed by atoms with Crippen LogP contribution < -0.4 is 0 Å². The van der Waals surface area contributed by atoms with Crippen molar-refractivity contribution in [3.63, 3.8) is 0 Å². The van der Waals surface area contributed by atoms with E-state index >= 15 is 0 Å². The monoisotopic (exact) mass is 249 g/mol. The van der Waals surface area contributed by atoms with Gasteiger partial charge in [-0.25, -0.2) is 4.39 Å². The number of halogens is 1. The van der Waals surface area contributed by atoms with Gasteiger partial charge in [-0.1, -0.05) is 17.3 Å². The molecule has 0 aliphatic carbocycles. The van der Waals surface area contributed by atoms with Gasteiger partial charge in [0.15, 0.2) is 0 Å². The van der Waals surface area contributed by atoms with Gasteiger partial charge in [0, 0.05) is 18.9 Å². The Balaban J connectivity index is 1.96. The minimum atomic E-state index is -0.272. The number of hydrogen-bond acceptors (Lipinski definition) is 4. The highest BCUT2D eigenvalue weighted by atomic mass is 19.1. The van der Waals surface area contributed by atoms with Crippen molar-refractivity contribution in [1.29, 1.82) is 0 Å². The number of carbonyl (C=O) groups excluding carboxylic acids is 1. The molecule has 1 heterocycles. The first-order valence-corrected chi connectivity index (χ1v) is 5.52. The van der Waals surface area contributed by atoms with Crippen LogP contribution in [0.2, 0.25) is 0 Å². The molecule has 0 bridgehead atoms. The summed E-state index contributed by atoms with van der Waals surface area (Å²) in [6, 6.07) is 8.10. The van der Waals surface area contributed by atoms with Crippen molar-refractivity contribution in [2.45, 2.75) is 12.8 Å². The SMILES string of the molecule is O=COCCc1cc(Cc2cccc(F)c2)on1. The second kappa shape index (κ2) is 5.95. The predicted octanol–water partition coefficient (Wildman–Crippen LogP) is 2.12. The summed E-state index contributed by atoms with van der Waals surface area (Å²) in [6.07, 6.45) is 0.991. The Morgan fingerprint density at radius 2 is 2.28 bits per heavy atom. The van der Waals surface area contributed by atoms with E-state index < -0.39 is 0 Å². The molecule has 0 aliphatic rings. The maximum Gasteiger partial charge on any atom is 0.293 e. The second-order valence-electron chi connectivity index (χ2n) is 3.81. The predicted molar refractivity (Wildman–Crippen MR) is 61.4 cm³/mol. The number of benzene rings is 1. The Labute approximate surface area is 103 Å². The van der Waals surface area contributed by atoms with Crippen molar-refractivity contribution >= 4 is 6.47 Å². The van der Waals surface area contributed by atoms with Crippen molar-refractivity contribution in [3.05, 3.63) is 53.2 Å². The minimum Gasteiger partial charge on any atom is -0.467 e. The minimum absolute atomic E-state index is 0.272. The number of aromatic nitrogens is 1. The smallest absolute Gasteiger partial charge is 0.293 e. The summed E-state index contributed by atoms with van der Waals surface area (Å²) in [7, 11) is 0. The molecule has 0 saturated carbocycles. The lowest BCUT2D eigenvalue weighted by atomic mass is 10.1. The van der Waals surface area contributed by atoms with Gasteiger partial charge < -0.3 is 9.26 Å². The van der Waals surface area contributed by atoms with Crippen LogP contribution in [0.4, 0.5) is 4.39 Å². The molecule has 0 spiro atoms. The maximum absolute atomic E-state index is 13.0. The summed E-state index contributed by atoms with van der Waals surface area (Å²) in [4.78, 5) is 9.97. The molecule has 0 radical (unpaired) electrons. The van der Waals surface area contributed by atoms with Crippen molar-refractivity contribution in [3.8, 4) is 0 Å². The first-order valence-electron chi connectivity index (χ1n) is 5.52. The second-order valence-corrected chi connectivity index (χ2v) is 3.81. The topological polar surface area (TPSA) is 52.3 Å². The molecular weight excluding hydrogens is 237 g/mol. The van der Waals surface area contributed by atoms with E-state index in [2.05, 4.69) is 9.89 Å². The summed E-state index contributed by atoms with van der Waals surface area (Å²) in [5.41, 5.74) is 1.53. The molecule has 1 aromatic heterocycles. The van der Waals surface area contributed by atoms with E-state index in [4.69, 9.17) is 4.52 Å². The number of rotatable bonds is 6. The fourth-order valence-electron chi connectivity index (χ4n) is 1.62. The molecule has 0 atom stereocenters. The van der Waals surface area contributed by atoms with Crippen LogP contribution >= 0.6 is 0 Å². The van der Waals surface area contributed by atoms with E-state index in [9.17, 15) is 9.18 Å². The Kier molecular flexibility index (Phi) is 4.06. The summed E-state index contributed by atoms with van der Waals surface area (Å²) in [6.45, 7) is 0.670. The Bertz CT molecular complexity index is 524. The van der Waals surface area contributed by atoms with Crippen LogP contribution in [0.15, 0.2) is 34.9 Å². The molecule has 4 nitrogen and oxygen atoms in total. The molecule has 0 saturated heterocycles. The largest absolute Gasteiger partial charge is 0.467 e. The molecule has 2 rings (SSSR count). The first-order chi connectivity index (χ1) is 8.78. The van der Waals surface area contributed by atoms with Crippen LogP contribution in [0.3, 0.4) is 0 Å². The van der Waals surface area contributed by atoms with Crippen LogP contribution in [-0.4, -0.2) is 18.2 Å². The highest BCUT2D eigenvalue weighted by Crippen LogP contribution is 2.12. The van der Waals surface area contributed by atoms with E-state index in [1.807, 2.05) is 6.07 Å². The summed E-state index contributed by atoms with van der Waals surface area (Å²) >= 11 is 0. The summed E-state index contributed by atoms with van der Waals surface area (Å²) in [5, 5.41) is 3.84. The van der Waals surface area contributed by atoms with Crippen molar-refractivity contribution in [2.75, 3.05) is 6.61 Å². The van der Waals surface area contributed by atoms with Crippen molar-refractivity contribution in [1.82, 2.24) is 5.16 Å². The van der Waals surface area contributed by atoms with Crippen LogP contribution in [0.5, 0.6) is 0 Å². The molecule has 0 aliphatic heterocycles. The maximum atomic E-state index is 13.0. The molecule has 2 aromatic rings. The van der Waals surface area contributed by atoms with Gasteiger partial charge in [0.2, 0.25) is 0 Å². The van der Waals surface area contributed by atoms with E-state index in [1.54, 1.807) is 12.1 Å². The van der Waals surface area contributed by atoms with E-state index in [-0.39, 0.29) is 12.4 Å². The van der Waals surface area contributed by atoms with Crippen LogP contribution in [0, 0.1) is 5.82 Å². The number of nitrogens with zero attached hydrogens (tertiary/aromatic N) is 1. The van der Waals surface area contributed by atoms with Gasteiger partial charge >= 0.3 is 0 Å². The zero-order valence-corrected chi connectivity index (χ0v) is 9.64. The lowest BCUT2D eigenvalue weighted by molar-refractivity contribution is -0.128. The van der Waals surface area contributed by atoms with Crippen molar-refractivity contribution in [2.24, 2.45) is 0 Å². The van der Waals surface area contributed by atoms with Crippen LogP contribution in [0.25, 0.3) is 0 Å². The molecular formula is C13H12FNO3. The standard InChI is InChI=1S/C13H12FNO3/c14-11-3-1-2-10(6-11)7-13-8-12(15-18-13)4-5-17-9-16/h1-3,6,8-9H,4-5,7H2. The number of hydrogen-bond donors (Lipinski definition) is 0. The van der Waals surface area contributed by atoms with E-state index in [0.29, 0.717) is 30.8 Å². The third kappa shape index (κ3) is 3.41. The molecule has 1 aromatic carbocycles. The lowest BCUT2D eigenvalue weighted by Crippen LogP contribution is -1.96. The van der Waals surface area contributed by atoms with Gasteiger partial charge in [-0.3, -0.25) is 4.79 Å². The molecule has 5 heteroatoms. The first kappa shape index (κ1) is 12.3. The molecule has 94 valence electrons. The average Bonchev–Trinajstić information content (AvgIpc) is 2.77. The average molecular weight is 249 g/mol. The van der Waals surface area contributed by atoms with Gasteiger partial charge in [-0.2, -0.15) is 0 Å². The molecule has 18 heavy (non-hydrogen) atoms. The van der Waals surface area contributed by atoms with Gasteiger partial charge in [-0.05, 0) is 17.7 Å². The fourth-order valence-corrected chi connectivity index (χ4v) is 1.62. The normalized spacial score (nSPS) is 10.3. The zero-order chi connectivity index (χ0) is 12.8. The third-order valence-corrected chi connectivity index (χ3v) is 2.42. The highest BCUT2D eigenvalue weighted by Gasteiger charge is 2.06. The zero-order valence-electron chi connectivity index (χ0n) is 9.64. The van der Waals surface area contributed by atoms with Crippen LogP contribution in [-0.2, 0) is 22.4 Å². The third-order valence-electron chi connectivity index (χ3n) is 2.42. The highest BCUT2D eigenvalue weighted by molar-refractivity contribution is 5.36. The number of ether oxygens (including phenoxy) is 1. The Morgan fingerprint density at radius 3 is 3.06 bits per heavy atom. The Morgan fingerprint density at radius 1 is 1.39 bits per heavy atom. The van der Waals surface area contributed by atoms with Crippen molar-refractivity contribution < 1.29 is 18.4 Å². The van der Waals surface area contributed by atoms with Gasteiger partial charge in [0.1, 0.15) is 11.6 Å². The summed E-state index contributed by atoms with van der Waals surface area (Å²) in [5.74, 6) is 0.383. The lowest BCUT2D eigenvalue weighted by Gasteiger charge is -1.96. The van der Waals surface area contributed by atoms with Gasteiger partial charge in [-0.15, -0.1) is 0 Å². The van der Waals surface area contributed by atoms with Gasteiger partial charge in [0.25, 0.3) is 6.47 Å². The Hall–Kier alpha value is -2.17. The molecule has 0 amide bonds. The molecule has 0 unspecified atom stereocenters. The van der Waals surface area contributed by atoms with E-state index in [1.165, 1.54) is 12.1 Å². The molecule has 0 N–H and O–H groups in total. The summed E-state index contributed by atoms with van der Waals surface area (Å²) < 4.78 is 22.7.